The highest BCUT2D eigenvalue weighted by atomic mass is 19.4. The number of halogens is 3. The predicted octanol–water partition coefficient (Wildman–Crippen LogP) is 4.60. The number of aryl methyl sites for hydroxylation is 2. The van der Waals surface area contributed by atoms with E-state index in [1.165, 1.54) is 0 Å². The third-order valence-corrected chi connectivity index (χ3v) is 5.37. The molecule has 2 heterocycles. The molecular formula is C22H23F3N4O. The third-order valence-electron chi connectivity index (χ3n) is 5.37. The summed E-state index contributed by atoms with van der Waals surface area (Å²) in [5.41, 5.74) is 3.02. The van der Waals surface area contributed by atoms with Crippen molar-refractivity contribution >= 4 is 22.4 Å². The first-order valence-corrected chi connectivity index (χ1v) is 9.77. The van der Waals surface area contributed by atoms with Crippen molar-refractivity contribution in [1.29, 1.82) is 0 Å². The zero-order valence-corrected chi connectivity index (χ0v) is 17.1. The number of rotatable bonds is 3. The van der Waals surface area contributed by atoms with E-state index in [0.717, 1.165) is 17.0 Å². The van der Waals surface area contributed by atoms with Gasteiger partial charge in [0, 0.05) is 31.6 Å². The summed E-state index contributed by atoms with van der Waals surface area (Å²) in [6.07, 6.45) is -4.60. The van der Waals surface area contributed by atoms with Crippen molar-refractivity contribution in [2.24, 2.45) is 0 Å². The van der Waals surface area contributed by atoms with Gasteiger partial charge < -0.3 is 14.5 Å². The lowest BCUT2D eigenvalue weighted by Gasteiger charge is -2.37. The van der Waals surface area contributed by atoms with E-state index in [-0.39, 0.29) is 0 Å². The molecule has 3 aromatic rings. The zero-order valence-electron chi connectivity index (χ0n) is 17.1. The van der Waals surface area contributed by atoms with Crippen LogP contribution in [0.1, 0.15) is 17.0 Å². The molecule has 4 rings (SSSR count). The Labute approximate surface area is 173 Å². The second-order valence-corrected chi connectivity index (χ2v) is 7.49. The fraction of sp³-hybridized carbons (Fsp3) is 0.364. The molecule has 30 heavy (non-hydrogen) atoms. The van der Waals surface area contributed by atoms with Crippen LogP contribution in [-0.2, 0) is 6.18 Å². The van der Waals surface area contributed by atoms with Gasteiger partial charge in [-0.3, -0.25) is 0 Å². The lowest BCUT2D eigenvalue weighted by molar-refractivity contribution is -0.144. The van der Waals surface area contributed by atoms with Crippen LogP contribution in [0.25, 0.3) is 10.9 Å². The lowest BCUT2D eigenvalue weighted by atomic mass is 10.1. The van der Waals surface area contributed by atoms with E-state index in [1.54, 1.807) is 14.0 Å². The van der Waals surface area contributed by atoms with E-state index in [0.29, 0.717) is 48.5 Å². The first-order valence-electron chi connectivity index (χ1n) is 9.77. The van der Waals surface area contributed by atoms with Crippen LogP contribution in [0.3, 0.4) is 0 Å². The maximum absolute atomic E-state index is 13.5. The van der Waals surface area contributed by atoms with E-state index in [4.69, 9.17) is 4.74 Å². The minimum absolute atomic E-state index is 0.346. The van der Waals surface area contributed by atoms with Gasteiger partial charge in [0.15, 0.2) is 0 Å². The maximum atomic E-state index is 13.5. The molecule has 0 spiro atoms. The Bertz CT molecular complexity index is 1080. The maximum Gasteiger partial charge on any atom is 0.451 e. The van der Waals surface area contributed by atoms with Crippen molar-refractivity contribution in [2.75, 3.05) is 43.1 Å². The Morgan fingerprint density at radius 3 is 2.27 bits per heavy atom. The lowest BCUT2D eigenvalue weighted by Crippen LogP contribution is -2.47. The number of anilines is 2. The molecule has 2 aromatic carbocycles. The monoisotopic (exact) mass is 416 g/mol. The molecule has 0 atom stereocenters. The highest BCUT2D eigenvalue weighted by molar-refractivity contribution is 5.92. The van der Waals surface area contributed by atoms with Gasteiger partial charge in [-0.1, -0.05) is 18.2 Å². The van der Waals surface area contributed by atoms with Crippen molar-refractivity contribution in [1.82, 2.24) is 9.97 Å². The average molecular weight is 416 g/mol. The Balaban J connectivity index is 1.70. The fourth-order valence-corrected chi connectivity index (χ4v) is 3.99. The molecule has 0 aliphatic carbocycles. The number of aromatic nitrogens is 2. The number of alkyl halides is 3. The van der Waals surface area contributed by atoms with Crippen LogP contribution in [0.5, 0.6) is 5.75 Å². The molecule has 0 radical (unpaired) electrons. The number of methoxy groups -OCH3 is 1. The quantitative estimate of drug-likeness (QED) is 0.624. The van der Waals surface area contributed by atoms with Crippen LogP contribution in [-0.4, -0.2) is 43.3 Å². The molecule has 0 saturated carbocycles. The van der Waals surface area contributed by atoms with Crippen molar-refractivity contribution in [3.8, 4) is 5.75 Å². The standard InChI is InChI=1S/C22H23F3N4O/c1-14-12-15(2)19-16(13-14)20(27-21(26-19)22(23,24)25)29-10-8-28(9-11-29)17-6-4-5-7-18(17)30-3/h4-7,12-13H,8-11H2,1-3H3. The molecule has 1 aromatic heterocycles. The van der Waals surface area contributed by atoms with Crippen molar-refractivity contribution in [3.05, 3.63) is 53.3 Å². The number of hydrogen-bond donors (Lipinski definition) is 0. The van der Waals surface area contributed by atoms with E-state index in [2.05, 4.69) is 14.9 Å². The topological polar surface area (TPSA) is 41.5 Å². The van der Waals surface area contributed by atoms with Gasteiger partial charge in [-0.05, 0) is 43.2 Å². The summed E-state index contributed by atoms with van der Waals surface area (Å²) < 4.78 is 45.9. The largest absolute Gasteiger partial charge is 0.495 e. The van der Waals surface area contributed by atoms with Gasteiger partial charge in [0.2, 0.25) is 5.82 Å². The summed E-state index contributed by atoms with van der Waals surface area (Å²) in [7, 11) is 1.63. The number of hydrogen-bond acceptors (Lipinski definition) is 5. The Kier molecular flexibility index (Phi) is 5.17. The molecule has 0 unspecified atom stereocenters. The highest BCUT2D eigenvalue weighted by Gasteiger charge is 2.36. The second-order valence-electron chi connectivity index (χ2n) is 7.49. The van der Waals surface area contributed by atoms with Crippen LogP contribution < -0.4 is 14.5 Å². The van der Waals surface area contributed by atoms with Crippen LogP contribution >= 0.6 is 0 Å². The third kappa shape index (κ3) is 3.74. The van der Waals surface area contributed by atoms with Crippen LogP contribution in [0.2, 0.25) is 0 Å². The molecule has 1 saturated heterocycles. The summed E-state index contributed by atoms with van der Waals surface area (Å²) in [5, 5.41) is 0.659. The molecular weight excluding hydrogens is 393 g/mol. The summed E-state index contributed by atoms with van der Waals surface area (Å²) in [6, 6.07) is 11.5. The molecule has 8 heteroatoms. The van der Waals surface area contributed by atoms with Gasteiger partial charge in [0.1, 0.15) is 11.6 Å². The number of para-hydroxylation sites is 2. The molecule has 1 fully saturated rings. The first kappa shape index (κ1) is 20.3. The van der Waals surface area contributed by atoms with Crippen LogP contribution in [0.4, 0.5) is 24.7 Å². The minimum Gasteiger partial charge on any atom is -0.495 e. The number of fused-ring (bicyclic) bond motifs is 1. The Morgan fingerprint density at radius 1 is 0.933 bits per heavy atom. The fourth-order valence-electron chi connectivity index (χ4n) is 3.99. The van der Waals surface area contributed by atoms with Crippen LogP contribution in [0, 0.1) is 13.8 Å². The Morgan fingerprint density at radius 2 is 1.60 bits per heavy atom. The summed E-state index contributed by atoms with van der Waals surface area (Å²) in [5.74, 6) is 0.0342. The SMILES string of the molecule is COc1ccccc1N1CCN(c2nc(C(F)(F)F)nc3c(C)cc(C)cc23)CC1. The highest BCUT2D eigenvalue weighted by Crippen LogP contribution is 2.35. The zero-order chi connectivity index (χ0) is 21.5. The number of piperazine rings is 1. The van der Waals surface area contributed by atoms with Crippen LogP contribution in [0.15, 0.2) is 36.4 Å². The van der Waals surface area contributed by atoms with E-state index >= 15 is 0 Å². The molecule has 1 aliphatic rings. The molecule has 0 N–H and O–H groups in total. The number of benzene rings is 2. The number of ether oxygens (including phenoxy) is 1. The molecule has 1 aliphatic heterocycles. The molecule has 0 bridgehead atoms. The van der Waals surface area contributed by atoms with E-state index < -0.39 is 12.0 Å². The van der Waals surface area contributed by atoms with E-state index in [1.807, 2.05) is 48.2 Å². The molecule has 5 nitrogen and oxygen atoms in total. The first-order chi connectivity index (χ1) is 14.3. The van der Waals surface area contributed by atoms with Gasteiger partial charge in [-0.2, -0.15) is 13.2 Å². The van der Waals surface area contributed by atoms with Gasteiger partial charge in [-0.25, -0.2) is 9.97 Å². The number of nitrogens with zero attached hydrogens (tertiary/aromatic N) is 4. The normalized spacial score (nSPS) is 15.0. The Hall–Kier alpha value is -3.03. The predicted molar refractivity (Wildman–Crippen MR) is 111 cm³/mol. The van der Waals surface area contributed by atoms with Crippen molar-refractivity contribution < 1.29 is 17.9 Å². The van der Waals surface area contributed by atoms with Gasteiger partial charge in [0.25, 0.3) is 0 Å². The van der Waals surface area contributed by atoms with E-state index in [9.17, 15) is 13.2 Å². The van der Waals surface area contributed by atoms with Crippen molar-refractivity contribution in [3.63, 3.8) is 0 Å². The van der Waals surface area contributed by atoms with Gasteiger partial charge >= 0.3 is 6.18 Å². The second kappa shape index (κ2) is 7.66. The summed E-state index contributed by atoms with van der Waals surface area (Å²) >= 11 is 0. The smallest absolute Gasteiger partial charge is 0.451 e. The minimum atomic E-state index is -4.60. The average Bonchev–Trinajstić information content (AvgIpc) is 2.72. The van der Waals surface area contributed by atoms with Gasteiger partial charge in [-0.15, -0.1) is 0 Å². The molecule has 158 valence electrons. The van der Waals surface area contributed by atoms with Gasteiger partial charge in [0.05, 0.1) is 18.3 Å². The van der Waals surface area contributed by atoms with Crippen molar-refractivity contribution in [2.45, 2.75) is 20.0 Å². The summed E-state index contributed by atoms with van der Waals surface area (Å²) in [6.45, 7) is 6.11. The summed E-state index contributed by atoms with van der Waals surface area (Å²) in [4.78, 5) is 11.9. The molecule has 0 amide bonds.